The largest absolute Gasteiger partial charge is 0.466 e. The summed E-state index contributed by atoms with van der Waals surface area (Å²) in [5.74, 6) is -0.0328. The standard InChI is InChI=1S/C57H111NO5/c1-3-5-7-9-11-13-15-26-29-33-37-41-45-49-55(60)54(53-59)58-56(61)50-46-42-38-34-30-27-24-22-20-18-17-19-21-23-25-28-32-36-40-44-48-52-63-57(62)51-47-43-39-35-31-16-14-12-10-8-6-4-2/h12,14,54-55,59-60H,3-11,13,15-53H2,1-2H3,(H,58,61)/b14-12-. The molecule has 0 bridgehead atoms. The third-order valence-corrected chi connectivity index (χ3v) is 13.3. The fourth-order valence-corrected chi connectivity index (χ4v) is 8.93. The molecular weight excluding hydrogens is 779 g/mol. The molecule has 0 radical (unpaired) electrons. The molecule has 2 atom stereocenters. The van der Waals surface area contributed by atoms with Gasteiger partial charge in [-0.3, -0.25) is 9.59 Å². The van der Waals surface area contributed by atoms with Crippen molar-refractivity contribution < 1.29 is 24.5 Å². The first-order valence-electron chi connectivity index (χ1n) is 28.4. The maximum Gasteiger partial charge on any atom is 0.305 e. The maximum atomic E-state index is 12.5. The maximum absolute atomic E-state index is 12.5. The molecule has 2 unspecified atom stereocenters. The summed E-state index contributed by atoms with van der Waals surface area (Å²) in [6, 6.07) is -0.540. The summed E-state index contributed by atoms with van der Waals surface area (Å²) in [7, 11) is 0. The molecule has 0 aromatic heterocycles. The van der Waals surface area contributed by atoms with Crippen molar-refractivity contribution in [2.45, 2.75) is 328 Å². The molecule has 1 amide bonds. The van der Waals surface area contributed by atoms with E-state index < -0.39 is 12.1 Å². The van der Waals surface area contributed by atoms with Gasteiger partial charge in [0.2, 0.25) is 5.91 Å². The molecule has 0 aliphatic rings. The van der Waals surface area contributed by atoms with Crippen molar-refractivity contribution in [2.24, 2.45) is 0 Å². The molecule has 0 heterocycles. The van der Waals surface area contributed by atoms with Gasteiger partial charge in [0.25, 0.3) is 0 Å². The molecule has 0 saturated heterocycles. The van der Waals surface area contributed by atoms with E-state index in [-0.39, 0.29) is 18.5 Å². The van der Waals surface area contributed by atoms with Gasteiger partial charge >= 0.3 is 5.97 Å². The molecule has 3 N–H and O–H groups in total. The summed E-state index contributed by atoms with van der Waals surface area (Å²) in [5.41, 5.74) is 0. The molecule has 0 aliphatic carbocycles. The van der Waals surface area contributed by atoms with Crippen LogP contribution in [-0.2, 0) is 14.3 Å². The van der Waals surface area contributed by atoms with Gasteiger partial charge in [0.15, 0.2) is 0 Å². The normalized spacial score (nSPS) is 12.6. The summed E-state index contributed by atoms with van der Waals surface area (Å²) in [6.07, 6.45) is 62.0. The van der Waals surface area contributed by atoms with E-state index in [4.69, 9.17) is 4.74 Å². The highest BCUT2D eigenvalue weighted by molar-refractivity contribution is 5.76. The number of esters is 1. The predicted molar refractivity (Wildman–Crippen MR) is 273 cm³/mol. The highest BCUT2D eigenvalue weighted by Crippen LogP contribution is 2.17. The number of allylic oxidation sites excluding steroid dienone is 2. The van der Waals surface area contributed by atoms with Crippen molar-refractivity contribution in [1.29, 1.82) is 0 Å². The van der Waals surface area contributed by atoms with Crippen molar-refractivity contribution in [3.63, 3.8) is 0 Å². The van der Waals surface area contributed by atoms with Crippen LogP contribution < -0.4 is 5.32 Å². The average molecular weight is 891 g/mol. The number of aliphatic hydroxyl groups excluding tert-OH is 2. The topological polar surface area (TPSA) is 95.9 Å². The molecule has 0 rings (SSSR count). The summed E-state index contributed by atoms with van der Waals surface area (Å²) >= 11 is 0. The summed E-state index contributed by atoms with van der Waals surface area (Å²) in [6.45, 7) is 4.93. The van der Waals surface area contributed by atoms with Crippen LogP contribution in [0, 0.1) is 0 Å². The zero-order valence-electron chi connectivity index (χ0n) is 42.6. The Balaban J connectivity index is 3.38. The van der Waals surface area contributed by atoms with Gasteiger partial charge in [-0.15, -0.1) is 0 Å². The van der Waals surface area contributed by atoms with E-state index >= 15 is 0 Å². The first-order valence-corrected chi connectivity index (χ1v) is 28.4. The van der Waals surface area contributed by atoms with Gasteiger partial charge in [-0.2, -0.15) is 0 Å². The Morgan fingerprint density at radius 2 is 0.746 bits per heavy atom. The van der Waals surface area contributed by atoms with E-state index in [9.17, 15) is 19.8 Å². The smallest absolute Gasteiger partial charge is 0.305 e. The lowest BCUT2D eigenvalue weighted by Crippen LogP contribution is -2.45. The average Bonchev–Trinajstić information content (AvgIpc) is 3.28. The zero-order chi connectivity index (χ0) is 45.8. The molecule has 63 heavy (non-hydrogen) atoms. The van der Waals surface area contributed by atoms with Crippen LogP contribution in [0.5, 0.6) is 0 Å². The minimum absolute atomic E-state index is 0.00221. The van der Waals surface area contributed by atoms with E-state index in [0.717, 1.165) is 44.9 Å². The SMILES string of the molecule is CCCCC/C=C\CCCCCCCC(=O)OCCCCCCCCCCCCCCCCCCCCCCCC(=O)NC(CO)C(O)CCCCCCCCCCCCCCC. The zero-order valence-corrected chi connectivity index (χ0v) is 42.6. The number of ether oxygens (including phenoxy) is 1. The third-order valence-electron chi connectivity index (χ3n) is 13.3. The number of aliphatic hydroxyl groups is 2. The van der Waals surface area contributed by atoms with Crippen LogP contribution in [0.4, 0.5) is 0 Å². The predicted octanol–water partition coefficient (Wildman–Crippen LogP) is 17.3. The molecular formula is C57H111NO5. The molecule has 0 aromatic carbocycles. The van der Waals surface area contributed by atoms with E-state index in [2.05, 4.69) is 31.3 Å². The quantitative estimate of drug-likeness (QED) is 0.0321. The van der Waals surface area contributed by atoms with E-state index in [1.807, 2.05) is 0 Å². The molecule has 0 aliphatic heterocycles. The second kappa shape index (κ2) is 53.2. The van der Waals surface area contributed by atoms with Gasteiger partial charge in [-0.05, 0) is 51.4 Å². The Hall–Kier alpha value is -1.40. The number of nitrogens with one attached hydrogen (secondary N) is 1. The van der Waals surface area contributed by atoms with Crippen LogP contribution in [0.1, 0.15) is 316 Å². The lowest BCUT2D eigenvalue weighted by Gasteiger charge is -2.22. The van der Waals surface area contributed by atoms with Gasteiger partial charge in [-0.1, -0.05) is 264 Å². The van der Waals surface area contributed by atoms with Gasteiger partial charge in [-0.25, -0.2) is 0 Å². The molecule has 374 valence electrons. The highest BCUT2D eigenvalue weighted by atomic mass is 16.5. The van der Waals surface area contributed by atoms with Crippen LogP contribution in [0.25, 0.3) is 0 Å². The lowest BCUT2D eigenvalue weighted by molar-refractivity contribution is -0.143. The number of hydrogen-bond donors (Lipinski definition) is 3. The number of amides is 1. The Labute approximate surface area is 393 Å². The first kappa shape index (κ1) is 61.6. The van der Waals surface area contributed by atoms with Crippen molar-refractivity contribution >= 4 is 11.9 Å². The van der Waals surface area contributed by atoms with Crippen LogP contribution in [0.15, 0.2) is 12.2 Å². The Morgan fingerprint density at radius 1 is 0.429 bits per heavy atom. The van der Waals surface area contributed by atoms with Gasteiger partial charge in [0.1, 0.15) is 0 Å². The number of carbonyl (C=O) groups is 2. The summed E-state index contributed by atoms with van der Waals surface area (Å²) in [5, 5.41) is 23.2. The van der Waals surface area contributed by atoms with Crippen LogP contribution in [0.3, 0.4) is 0 Å². The fourth-order valence-electron chi connectivity index (χ4n) is 8.93. The van der Waals surface area contributed by atoms with Crippen molar-refractivity contribution in [3.05, 3.63) is 12.2 Å². The van der Waals surface area contributed by atoms with Crippen LogP contribution in [-0.4, -0.2) is 47.4 Å². The van der Waals surface area contributed by atoms with Crippen molar-refractivity contribution in [2.75, 3.05) is 13.2 Å². The van der Waals surface area contributed by atoms with E-state index in [0.29, 0.717) is 25.9 Å². The Morgan fingerprint density at radius 3 is 1.16 bits per heavy atom. The molecule has 0 saturated carbocycles. The number of unbranched alkanes of at least 4 members (excludes halogenated alkanes) is 40. The van der Waals surface area contributed by atoms with Gasteiger partial charge < -0.3 is 20.3 Å². The minimum Gasteiger partial charge on any atom is -0.466 e. The second-order valence-corrected chi connectivity index (χ2v) is 19.6. The minimum atomic E-state index is -0.663. The molecule has 6 heteroatoms. The monoisotopic (exact) mass is 890 g/mol. The first-order chi connectivity index (χ1) is 31.0. The van der Waals surface area contributed by atoms with E-state index in [1.165, 1.54) is 238 Å². The van der Waals surface area contributed by atoms with Gasteiger partial charge in [0.05, 0.1) is 25.4 Å². The Kier molecular flexibility index (Phi) is 52.0. The third kappa shape index (κ3) is 49.9. The van der Waals surface area contributed by atoms with E-state index in [1.54, 1.807) is 0 Å². The highest BCUT2D eigenvalue weighted by Gasteiger charge is 2.20. The van der Waals surface area contributed by atoms with Gasteiger partial charge in [0, 0.05) is 12.8 Å². The second-order valence-electron chi connectivity index (χ2n) is 19.6. The number of carbonyl (C=O) groups excluding carboxylic acids is 2. The molecule has 6 nitrogen and oxygen atoms in total. The summed E-state index contributed by atoms with van der Waals surface area (Å²) < 4.78 is 5.46. The number of rotatable bonds is 53. The fraction of sp³-hybridized carbons (Fsp3) is 0.930. The van der Waals surface area contributed by atoms with Crippen LogP contribution in [0.2, 0.25) is 0 Å². The Bertz CT molecular complexity index is 939. The molecule has 0 aromatic rings. The van der Waals surface area contributed by atoms with Crippen molar-refractivity contribution in [1.82, 2.24) is 5.32 Å². The summed E-state index contributed by atoms with van der Waals surface area (Å²) in [4.78, 5) is 24.4. The van der Waals surface area contributed by atoms with Crippen molar-refractivity contribution in [3.8, 4) is 0 Å². The molecule has 0 fully saturated rings. The number of hydrogen-bond acceptors (Lipinski definition) is 5. The lowest BCUT2D eigenvalue weighted by atomic mass is 10.0. The van der Waals surface area contributed by atoms with Crippen LogP contribution >= 0.6 is 0 Å². The molecule has 0 spiro atoms.